The molecule has 2 aliphatic carbocycles. The van der Waals surface area contributed by atoms with Gasteiger partial charge in [-0.05, 0) is 60.5 Å². The highest BCUT2D eigenvalue weighted by Crippen LogP contribution is 2.60. The predicted octanol–water partition coefficient (Wildman–Crippen LogP) is 6.45. The summed E-state index contributed by atoms with van der Waals surface area (Å²) in [6.07, 6.45) is 7.32. The molecule has 0 bridgehead atoms. The fourth-order valence-corrected chi connectivity index (χ4v) is 5.43. The van der Waals surface area contributed by atoms with E-state index in [1.165, 1.54) is 37.8 Å². The smallest absolute Gasteiger partial charge is 0.134 e. The number of nitrogens with zero attached hydrogens (tertiary/aromatic N) is 1. The van der Waals surface area contributed by atoms with E-state index in [4.69, 9.17) is 0 Å². The molecule has 3 fully saturated rings. The molecule has 1 nitrogen and oxygen atoms in total. The molecule has 2 heteroatoms. The minimum absolute atomic E-state index is 0.0492. The van der Waals surface area contributed by atoms with Crippen molar-refractivity contribution in [2.45, 2.75) is 51.5 Å². The van der Waals surface area contributed by atoms with E-state index in [1.807, 2.05) is 48.5 Å². The largest absolute Gasteiger partial charge is 0.371 e. The van der Waals surface area contributed by atoms with Crippen molar-refractivity contribution >= 4 is 0 Å². The molecule has 2 atom stereocenters. The third-order valence-corrected chi connectivity index (χ3v) is 7.86. The molecule has 2 aromatic carbocycles. The second-order valence-corrected chi connectivity index (χ2v) is 9.31. The fourth-order valence-electron chi connectivity index (χ4n) is 5.43. The van der Waals surface area contributed by atoms with E-state index in [1.54, 1.807) is 0 Å². The Morgan fingerprint density at radius 1 is 1.11 bits per heavy atom. The van der Waals surface area contributed by atoms with Gasteiger partial charge in [0, 0.05) is 23.8 Å². The van der Waals surface area contributed by atoms with Gasteiger partial charge in [-0.1, -0.05) is 68.5 Å². The van der Waals surface area contributed by atoms with Gasteiger partial charge in [-0.15, -0.1) is 0 Å². The zero-order valence-corrected chi connectivity index (χ0v) is 16.8. The molecular formula is C26H30FN. The van der Waals surface area contributed by atoms with Gasteiger partial charge in [0.2, 0.25) is 0 Å². The lowest BCUT2D eigenvalue weighted by molar-refractivity contribution is 0.217. The first-order chi connectivity index (χ1) is 13.6. The van der Waals surface area contributed by atoms with Crippen LogP contribution in [0, 0.1) is 23.1 Å². The van der Waals surface area contributed by atoms with Crippen LogP contribution in [0.2, 0.25) is 0 Å². The molecule has 2 unspecified atom stereocenters. The Hall–Kier alpha value is -2.09. The maximum Gasteiger partial charge on any atom is 0.134 e. The highest BCUT2D eigenvalue weighted by atomic mass is 19.1. The van der Waals surface area contributed by atoms with Crippen LogP contribution in [0.15, 0.2) is 60.8 Å². The van der Waals surface area contributed by atoms with Gasteiger partial charge in [0.05, 0.1) is 0 Å². The molecule has 1 aliphatic heterocycles. The van der Waals surface area contributed by atoms with Crippen LogP contribution < -0.4 is 0 Å². The van der Waals surface area contributed by atoms with E-state index in [0.29, 0.717) is 28.9 Å². The van der Waals surface area contributed by atoms with E-state index in [-0.39, 0.29) is 5.82 Å². The monoisotopic (exact) mass is 375 g/mol. The van der Waals surface area contributed by atoms with Crippen LogP contribution in [0.3, 0.4) is 0 Å². The first kappa shape index (κ1) is 18.0. The predicted molar refractivity (Wildman–Crippen MR) is 113 cm³/mol. The van der Waals surface area contributed by atoms with Crippen LogP contribution in [0.4, 0.5) is 4.39 Å². The van der Waals surface area contributed by atoms with Gasteiger partial charge in [-0.2, -0.15) is 0 Å². The zero-order chi connectivity index (χ0) is 19.3. The van der Waals surface area contributed by atoms with Crippen LogP contribution in [0.25, 0.3) is 11.1 Å². The van der Waals surface area contributed by atoms with Crippen LogP contribution in [-0.2, 0) is 6.42 Å². The Morgan fingerprint density at radius 3 is 2.50 bits per heavy atom. The van der Waals surface area contributed by atoms with Crippen molar-refractivity contribution in [2.24, 2.45) is 17.3 Å². The summed E-state index contributed by atoms with van der Waals surface area (Å²) in [7, 11) is 0. The quantitative estimate of drug-likeness (QED) is 0.580. The van der Waals surface area contributed by atoms with Gasteiger partial charge < -0.3 is 4.90 Å². The molecule has 1 heterocycles. The van der Waals surface area contributed by atoms with Crippen LogP contribution in [0.1, 0.15) is 44.6 Å². The number of likely N-dealkylation sites (tertiary alicyclic amines) is 1. The normalized spacial score (nSPS) is 25.7. The van der Waals surface area contributed by atoms with Crippen molar-refractivity contribution in [3.05, 3.63) is 72.2 Å². The fraction of sp³-hybridized carbons (Fsp3) is 0.462. The molecule has 1 saturated heterocycles. The highest BCUT2D eigenvalue weighted by Gasteiger charge is 2.57. The van der Waals surface area contributed by atoms with Gasteiger partial charge in [-0.3, -0.25) is 0 Å². The first-order valence-electron chi connectivity index (χ1n) is 10.9. The maximum atomic E-state index is 15.5. The van der Waals surface area contributed by atoms with Crippen molar-refractivity contribution in [1.82, 2.24) is 4.90 Å². The molecule has 0 amide bonds. The van der Waals surface area contributed by atoms with Crippen molar-refractivity contribution in [3.63, 3.8) is 0 Å². The molecule has 146 valence electrons. The molecule has 28 heavy (non-hydrogen) atoms. The summed E-state index contributed by atoms with van der Waals surface area (Å²) in [5.41, 5.74) is 4.31. The summed E-state index contributed by atoms with van der Waals surface area (Å²) in [6.45, 7) is 8.02. The molecule has 1 spiro atoms. The minimum Gasteiger partial charge on any atom is -0.371 e. The van der Waals surface area contributed by atoms with Gasteiger partial charge in [0.15, 0.2) is 0 Å². The Bertz CT molecular complexity index is 879. The second kappa shape index (κ2) is 6.76. The number of hydrogen-bond acceptors (Lipinski definition) is 1. The van der Waals surface area contributed by atoms with E-state index < -0.39 is 0 Å². The van der Waals surface area contributed by atoms with E-state index in [9.17, 15) is 0 Å². The van der Waals surface area contributed by atoms with E-state index in [0.717, 1.165) is 24.1 Å². The molecular weight excluding hydrogens is 345 g/mol. The average molecular weight is 376 g/mol. The van der Waals surface area contributed by atoms with Crippen LogP contribution in [-0.4, -0.2) is 17.5 Å². The topological polar surface area (TPSA) is 3.24 Å². The number of allylic oxidation sites excluding steroid dienone is 1. The van der Waals surface area contributed by atoms with Gasteiger partial charge in [0.1, 0.15) is 5.82 Å². The van der Waals surface area contributed by atoms with E-state index >= 15 is 4.39 Å². The number of hydrogen-bond donors (Lipinski definition) is 0. The Kier molecular flexibility index (Phi) is 4.34. The third-order valence-electron chi connectivity index (χ3n) is 7.86. The van der Waals surface area contributed by atoms with Gasteiger partial charge >= 0.3 is 0 Å². The van der Waals surface area contributed by atoms with Crippen molar-refractivity contribution in [3.8, 4) is 11.1 Å². The Morgan fingerprint density at radius 2 is 1.86 bits per heavy atom. The molecule has 5 rings (SSSR count). The molecule has 0 aromatic heterocycles. The standard InChI is InChI=1S/C26H30FN/c1-18-24(28(17-26(18)14-15-26)19(2)20-10-6-11-20)16-22-12-7-13-23(25(22)27)21-8-4-3-5-9-21/h3-5,7-9,12-13,18,20,24H,2,6,10-11,14-17H2,1H3. The minimum atomic E-state index is -0.0492. The number of rotatable bonds is 5. The molecule has 3 aliphatic rings. The molecule has 0 N–H and O–H groups in total. The zero-order valence-electron chi connectivity index (χ0n) is 16.8. The summed E-state index contributed by atoms with van der Waals surface area (Å²) in [6, 6.07) is 16.2. The average Bonchev–Trinajstić information content (AvgIpc) is 3.40. The lowest BCUT2D eigenvalue weighted by atomic mass is 9.82. The van der Waals surface area contributed by atoms with Crippen molar-refractivity contribution < 1.29 is 4.39 Å². The molecule has 2 saturated carbocycles. The van der Waals surface area contributed by atoms with Gasteiger partial charge in [-0.25, -0.2) is 4.39 Å². The Labute approximate surface area is 168 Å². The summed E-state index contributed by atoms with van der Waals surface area (Å²) in [4.78, 5) is 2.58. The summed E-state index contributed by atoms with van der Waals surface area (Å²) < 4.78 is 15.5. The van der Waals surface area contributed by atoms with E-state index in [2.05, 4.69) is 18.4 Å². The maximum absolute atomic E-state index is 15.5. The molecule has 2 aromatic rings. The number of benzene rings is 2. The van der Waals surface area contributed by atoms with Crippen LogP contribution in [0.5, 0.6) is 0 Å². The summed E-state index contributed by atoms with van der Waals surface area (Å²) >= 11 is 0. The first-order valence-corrected chi connectivity index (χ1v) is 10.9. The second-order valence-electron chi connectivity index (χ2n) is 9.31. The third kappa shape index (κ3) is 2.89. The van der Waals surface area contributed by atoms with Gasteiger partial charge in [0.25, 0.3) is 0 Å². The van der Waals surface area contributed by atoms with Crippen LogP contribution >= 0.6 is 0 Å². The molecule has 0 radical (unpaired) electrons. The SMILES string of the molecule is C=C(C1CCC1)N1CC2(CC2)C(C)C1Cc1cccc(-c2ccccc2)c1F. The highest BCUT2D eigenvalue weighted by molar-refractivity contribution is 5.65. The lowest BCUT2D eigenvalue weighted by Gasteiger charge is -2.38. The number of halogens is 1. The lowest BCUT2D eigenvalue weighted by Crippen LogP contribution is -2.37. The summed E-state index contributed by atoms with van der Waals surface area (Å²) in [5.74, 6) is 1.21. The Balaban J connectivity index is 1.44. The van der Waals surface area contributed by atoms with Crippen molar-refractivity contribution in [1.29, 1.82) is 0 Å². The van der Waals surface area contributed by atoms with Crippen molar-refractivity contribution in [2.75, 3.05) is 6.54 Å². The summed E-state index contributed by atoms with van der Waals surface area (Å²) in [5, 5.41) is 0.